The zero-order chi connectivity index (χ0) is 11.3. The van der Waals surface area contributed by atoms with Crippen molar-refractivity contribution in [1.29, 1.82) is 0 Å². The van der Waals surface area contributed by atoms with Crippen LogP contribution in [0.5, 0.6) is 0 Å². The zero-order valence-electron chi connectivity index (χ0n) is 9.76. The second-order valence-electron chi connectivity index (χ2n) is 3.99. The highest BCUT2D eigenvalue weighted by atomic mass is 79.9. The molecule has 0 spiro atoms. The molecule has 0 aliphatic rings. The fraction of sp³-hybridized carbons (Fsp3) is 0.538. The molecule has 0 saturated heterocycles. The molecule has 1 rings (SSSR count). The molecule has 2 heteroatoms. The van der Waals surface area contributed by atoms with Crippen LogP contribution in [0.3, 0.4) is 0 Å². The van der Waals surface area contributed by atoms with Crippen LogP contribution in [-0.2, 0) is 0 Å². The molecule has 0 fully saturated rings. The van der Waals surface area contributed by atoms with Gasteiger partial charge in [-0.05, 0) is 37.5 Å². The summed E-state index contributed by atoms with van der Waals surface area (Å²) in [5.41, 5.74) is 1.38. The minimum absolute atomic E-state index is 0.480. The van der Waals surface area contributed by atoms with Crippen molar-refractivity contribution < 1.29 is 0 Å². The third kappa shape index (κ3) is 3.96. The summed E-state index contributed by atoms with van der Waals surface area (Å²) < 4.78 is 1.14. The zero-order valence-corrected chi connectivity index (χ0v) is 11.3. The van der Waals surface area contributed by atoms with Crippen LogP contribution in [0.4, 0.5) is 0 Å². The van der Waals surface area contributed by atoms with Gasteiger partial charge < -0.3 is 5.32 Å². The summed E-state index contributed by atoms with van der Waals surface area (Å²) in [4.78, 5) is 0. The number of benzene rings is 1. The summed E-state index contributed by atoms with van der Waals surface area (Å²) >= 11 is 3.46. The minimum Gasteiger partial charge on any atom is -0.307 e. The number of hydrogen-bond acceptors (Lipinski definition) is 1. The molecule has 1 aromatic carbocycles. The van der Waals surface area contributed by atoms with E-state index in [2.05, 4.69) is 66.3 Å². The van der Waals surface area contributed by atoms with Crippen molar-refractivity contribution in [2.24, 2.45) is 0 Å². The maximum Gasteiger partial charge on any atom is 0.0319 e. The number of rotatable bonds is 5. The van der Waals surface area contributed by atoms with Crippen molar-refractivity contribution >= 4 is 15.9 Å². The van der Waals surface area contributed by atoms with E-state index in [0.29, 0.717) is 12.1 Å². The molecule has 84 valence electrons. The van der Waals surface area contributed by atoms with Gasteiger partial charge in [0, 0.05) is 16.6 Å². The highest BCUT2D eigenvalue weighted by Crippen LogP contribution is 2.20. The van der Waals surface area contributed by atoms with Crippen LogP contribution in [-0.4, -0.2) is 6.04 Å². The molecule has 2 atom stereocenters. The summed E-state index contributed by atoms with van der Waals surface area (Å²) in [5, 5.41) is 3.64. The van der Waals surface area contributed by atoms with E-state index in [-0.39, 0.29) is 0 Å². The molecule has 0 heterocycles. The summed E-state index contributed by atoms with van der Waals surface area (Å²) in [6.45, 7) is 6.68. The standard InChI is InChI=1S/C13H20BrN/c1-4-10(3)15-13(5-2)11-6-8-12(14)9-7-11/h6-10,13,15H,4-5H2,1-3H3. The van der Waals surface area contributed by atoms with Gasteiger partial charge in [0.2, 0.25) is 0 Å². The summed E-state index contributed by atoms with van der Waals surface area (Å²) in [6, 6.07) is 9.65. The number of nitrogens with one attached hydrogen (secondary N) is 1. The predicted octanol–water partition coefficient (Wildman–Crippen LogP) is 4.29. The number of halogens is 1. The van der Waals surface area contributed by atoms with Gasteiger partial charge in [-0.25, -0.2) is 0 Å². The van der Waals surface area contributed by atoms with E-state index >= 15 is 0 Å². The Bertz CT molecular complexity index is 281. The molecule has 1 nitrogen and oxygen atoms in total. The van der Waals surface area contributed by atoms with Gasteiger partial charge in [-0.1, -0.05) is 41.9 Å². The van der Waals surface area contributed by atoms with Crippen LogP contribution in [0.1, 0.15) is 45.2 Å². The van der Waals surface area contributed by atoms with Crippen molar-refractivity contribution in [2.45, 2.75) is 45.7 Å². The van der Waals surface area contributed by atoms with Gasteiger partial charge in [0.1, 0.15) is 0 Å². The van der Waals surface area contributed by atoms with Crippen molar-refractivity contribution in [1.82, 2.24) is 5.32 Å². The quantitative estimate of drug-likeness (QED) is 0.841. The molecular formula is C13H20BrN. The topological polar surface area (TPSA) is 12.0 Å². The molecule has 0 radical (unpaired) electrons. The van der Waals surface area contributed by atoms with E-state index in [9.17, 15) is 0 Å². The fourth-order valence-electron chi connectivity index (χ4n) is 1.61. The van der Waals surface area contributed by atoms with Gasteiger partial charge >= 0.3 is 0 Å². The van der Waals surface area contributed by atoms with Gasteiger partial charge in [-0.15, -0.1) is 0 Å². The fourth-order valence-corrected chi connectivity index (χ4v) is 1.87. The van der Waals surface area contributed by atoms with Crippen LogP contribution in [0.15, 0.2) is 28.7 Å². The lowest BCUT2D eigenvalue weighted by molar-refractivity contribution is 0.437. The SMILES string of the molecule is CCC(C)NC(CC)c1ccc(Br)cc1. The van der Waals surface area contributed by atoms with Crippen LogP contribution in [0.25, 0.3) is 0 Å². The summed E-state index contributed by atoms with van der Waals surface area (Å²) in [5.74, 6) is 0. The first-order chi connectivity index (χ1) is 7.17. The van der Waals surface area contributed by atoms with Crippen molar-refractivity contribution in [3.8, 4) is 0 Å². The molecule has 0 amide bonds. The average Bonchev–Trinajstić information content (AvgIpc) is 2.27. The van der Waals surface area contributed by atoms with E-state index in [4.69, 9.17) is 0 Å². The monoisotopic (exact) mass is 269 g/mol. The molecule has 0 saturated carbocycles. The van der Waals surface area contributed by atoms with Gasteiger partial charge in [0.05, 0.1) is 0 Å². The van der Waals surface area contributed by atoms with Crippen LogP contribution in [0.2, 0.25) is 0 Å². The Kier molecular flexibility index (Phi) is 5.34. The molecule has 0 aromatic heterocycles. The summed E-state index contributed by atoms with van der Waals surface area (Å²) in [6.07, 6.45) is 2.30. The Morgan fingerprint density at radius 1 is 1.13 bits per heavy atom. The molecule has 1 N–H and O–H groups in total. The molecule has 2 unspecified atom stereocenters. The Morgan fingerprint density at radius 3 is 2.20 bits per heavy atom. The van der Waals surface area contributed by atoms with Gasteiger partial charge in [0.15, 0.2) is 0 Å². The first-order valence-electron chi connectivity index (χ1n) is 5.68. The number of hydrogen-bond donors (Lipinski definition) is 1. The van der Waals surface area contributed by atoms with Gasteiger partial charge in [0.25, 0.3) is 0 Å². The largest absolute Gasteiger partial charge is 0.307 e. The third-order valence-corrected chi connectivity index (χ3v) is 3.31. The maximum atomic E-state index is 3.64. The van der Waals surface area contributed by atoms with E-state index in [1.165, 1.54) is 12.0 Å². The third-order valence-electron chi connectivity index (χ3n) is 2.78. The molecule has 0 aliphatic heterocycles. The van der Waals surface area contributed by atoms with E-state index in [1.807, 2.05) is 0 Å². The second kappa shape index (κ2) is 6.29. The lowest BCUT2D eigenvalue weighted by Gasteiger charge is -2.21. The Hall–Kier alpha value is -0.340. The summed E-state index contributed by atoms with van der Waals surface area (Å²) in [7, 11) is 0. The van der Waals surface area contributed by atoms with Crippen molar-refractivity contribution in [2.75, 3.05) is 0 Å². The van der Waals surface area contributed by atoms with Gasteiger partial charge in [-0.2, -0.15) is 0 Å². The van der Waals surface area contributed by atoms with Crippen LogP contribution < -0.4 is 5.32 Å². The first kappa shape index (κ1) is 12.7. The Morgan fingerprint density at radius 2 is 1.73 bits per heavy atom. The van der Waals surface area contributed by atoms with Crippen LogP contribution in [0, 0.1) is 0 Å². The molecule has 0 aliphatic carbocycles. The predicted molar refractivity (Wildman–Crippen MR) is 70.1 cm³/mol. The second-order valence-corrected chi connectivity index (χ2v) is 4.90. The molecular weight excluding hydrogens is 250 g/mol. The van der Waals surface area contributed by atoms with Crippen LogP contribution >= 0.6 is 15.9 Å². The molecule has 1 aromatic rings. The highest BCUT2D eigenvalue weighted by molar-refractivity contribution is 9.10. The Labute approximate surface area is 101 Å². The van der Waals surface area contributed by atoms with Gasteiger partial charge in [-0.3, -0.25) is 0 Å². The minimum atomic E-state index is 0.480. The van der Waals surface area contributed by atoms with E-state index in [1.54, 1.807) is 0 Å². The molecule has 0 bridgehead atoms. The van der Waals surface area contributed by atoms with Crippen molar-refractivity contribution in [3.63, 3.8) is 0 Å². The van der Waals surface area contributed by atoms with Crippen molar-refractivity contribution in [3.05, 3.63) is 34.3 Å². The lowest BCUT2D eigenvalue weighted by atomic mass is 10.0. The van der Waals surface area contributed by atoms with E-state index < -0.39 is 0 Å². The highest BCUT2D eigenvalue weighted by Gasteiger charge is 2.10. The normalized spacial score (nSPS) is 14.9. The molecule has 15 heavy (non-hydrogen) atoms. The Balaban J connectivity index is 2.69. The average molecular weight is 270 g/mol. The smallest absolute Gasteiger partial charge is 0.0319 e. The maximum absolute atomic E-state index is 3.64. The van der Waals surface area contributed by atoms with E-state index in [0.717, 1.165) is 10.9 Å². The lowest BCUT2D eigenvalue weighted by Crippen LogP contribution is -2.29. The first-order valence-corrected chi connectivity index (χ1v) is 6.48.